The SMILES string of the molecule is CCN(CC)c1ccc(/C=C2\C(=N)N3N=C(N4CCOCC4)SC3=NC2=O)cc1. The van der Waals surface area contributed by atoms with Gasteiger partial charge in [-0.3, -0.25) is 10.2 Å². The third-order valence-corrected chi connectivity index (χ3v) is 6.03. The molecule has 1 aromatic rings. The van der Waals surface area contributed by atoms with Gasteiger partial charge in [0.1, 0.15) is 0 Å². The van der Waals surface area contributed by atoms with Crippen LogP contribution in [0.1, 0.15) is 19.4 Å². The summed E-state index contributed by atoms with van der Waals surface area (Å²) in [4.78, 5) is 21.1. The lowest BCUT2D eigenvalue weighted by molar-refractivity contribution is -0.114. The topological polar surface area (TPSA) is 84.6 Å². The third-order valence-electron chi connectivity index (χ3n) is 5.06. The molecule has 9 heteroatoms. The lowest BCUT2D eigenvalue weighted by Crippen LogP contribution is -2.39. The molecule has 3 heterocycles. The summed E-state index contributed by atoms with van der Waals surface area (Å²) in [5.41, 5.74) is 2.24. The Kier molecular flexibility index (Phi) is 5.68. The molecule has 3 aliphatic rings. The first-order chi connectivity index (χ1) is 14.1. The Labute approximate surface area is 174 Å². The van der Waals surface area contributed by atoms with Gasteiger partial charge in [0.15, 0.2) is 11.0 Å². The van der Waals surface area contributed by atoms with Crippen LogP contribution in [-0.2, 0) is 9.53 Å². The fourth-order valence-electron chi connectivity index (χ4n) is 3.40. The van der Waals surface area contributed by atoms with E-state index < -0.39 is 5.91 Å². The van der Waals surface area contributed by atoms with E-state index in [-0.39, 0.29) is 11.4 Å². The highest BCUT2D eigenvalue weighted by atomic mass is 32.2. The highest BCUT2D eigenvalue weighted by Crippen LogP contribution is 2.30. The molecule has 1 fully saturated rings. The molecule has 1 amide bonds. The van der Waals surface area contributed by atoms with Gasteiger partial charge in [0.25, 0.3) is 5.91 Å². The molecule has 0 bridgehead atoms. The number of carbonyl (C=O) groups is 1. The normalized spacial score (nSPS) is 20.7. The number of morpholine rings is 1. The second-order valence-corrected chi connectivity index (χ2v) is 7.70. The van der Waals surface area contributed by atoms with E-state index in [0.717, 1.165) is 42.6 Å². The van der Waals surface area contributed by atoms with Crippen LogP contribution in [0, 0.1) is 5.41 Å². The number of nitrogens with zero attached hydrogens (tertiary/aromatic N) is 5. The van der Waals surface area contributed by atoms with Gasteiger partial charge in [0, 0.05) is 31.9 Å². The van der Waals surface area contributed by atoms with Crippen LogP contribution in [-0.4, -0.2) is 71.4 Å². The number of amidine groups is 3. The number of amides is 1. The molecule has 152 valence electrons. The van der Waals surface area contributed by atoms with Crippen LogP contribution in [0.2, 0.25) is 0 Å². The van der Waals surface area contributed by atoms with Crippen LogP contribution in [0.5, 0.6) is 0 Å². The zero-order valence-electron chi connectivity index (χ0n) is 16.6. The summed E-state index contributed by atoms with van der Waals surface area (Å²) in [6.45, 7) is 8.91. The van der Waals surface area contributed by atoms with E-state index in [2.05, 4.69) is 33.7 Å². The van der Waals surface area contributed by atoms with Gasteiger partial charge in [-0.25, -0.2) is 0 Å². The number of thioether (sulfide) groups is 1. The molecular formula is C20H24N6O2S. The van der Waals surface area contributed by atoms with E-state index >= 15 is 0 Å². The van der Waals surface area contributed by atoms with E-state index in [9.17, 15) is 4.79 Å². The van der Waals surface area contributed by atoms with Gasteiger partial charge in [-0.15, -0.1) is 5.10 Å². The monoisotopic (exact) mass is 412 g/mol. The van der Waals surface area contributed by atoms with Crippen molar-refractivity contribution >= 4 is 45.6 Å². The predicted octanol–water partition coefficient (Wildman–Crippen LogP) is 2.44. The van der Waals surface area contributed by atoms with E-state index in [1.54, 1.807) is 6.08 Å². The number of hydrogen-bond acceptors (Lipinski definition) is 7. The van der Waals surface area contributed by atoms with Crippen LogP contribution in [0.3, 0.4) is 0 Å². The highest BCUT2D eigenvalue weighted by Gasteiger charge is 2.37. The molecule has 0 aliphatic carbocycles. The summed E-state index contributed by atoms with van der Waals surface area (Å²) >= 11 is 1.33. The van der Waals surface area contributed by atoms with Gasteiger partial charge in [-0.05, 0) is 49.4 Å². The molecule has 0 saturated carbocycles. The van der Waals surface area contributed by atoms with Crippen molar-refractivity contribution in [3.63, 3.8) is 0 Å². The average Bonchev–Trinajstić information content (AvgIpc) is 3.18. The molecule has 0 spiro atoms. The summed E-state index contributed by atoms with van der Waals surface area (Å²) < 4.78 is 5.38. The number of rotatable bonds is 4. The van der Waals surface area contributed by atoms with Gasteiger partial charge in [-0.2, -0.15) is 10.0 Å². The minimum absolute atomic E-state index is 0.0589. The van der Waals surface area contributed by atoms with Crippen LogP contribution in [0.15, 0.2) is 39.9 Å². The number of hydrogen-bond donors (Lipinski definition) is 1. The van der Waals surface area contributed by atoms with Crippen molar-refractivity contribution in [1.29, 1.82) is 5.41 Å². The number of fused-ring (bicyclic) bond motifs is 1. The maximum Gasteiger partial charge on any atom is 0.283 e. The first kappa shape index (κ1) is 19.7. The molecule has 0 unspecified atom stereocenters. The minimum Gasteiger partial charge on any atom is -0.378 e. The minimum atomic E-state index is -0.403. The van der Waals surface area contributed by atoms with E-state index in [1.165, 1.54) is 16.8 Å². The number of aliphatic imine (C=N–C) groups is 1. The molecule has 0 radical (unpaired) electrons. The molecule has 29 heavy (non-hydrogen) atoms. The summed E-state index contributed by atoms with van der Waals surface area (Å²) in [6.07, 6.45) is 1.71. The van der Waals surface area contributed by atoms with Gasteiger partial charge in [0.05, 0.1) is 18.8 Å². The van der Waals surface area contributed by atoms with Crippen LogP contribution in [0.25, 0.3) is 6.08 Å². The Morgan fingerprint density at radius 3 is 2.52 bits per heavy atom. The molecular weight excluding hydrogens is 388 g/mol. The second-order valence-electron chi connectivity index (χ2n) is 6.77. The van der Waals surface area contributed by atoms with Crippen LogP contribution in [0.4, 0.5) is 5.69 Å². The predicted molar refractivity (Wildman–Crippen MR) is 117 cm³/mol. The van der Waals surface area contributed by atoms with Crippen molar-refractivity contribution in [1.82, 2.24) is 9.91 Å². The van der Waals surface area contributed by atoms with E-state index in [0.29, 0.717) is 18.4 Å². The molecule has 1 aromatic carbocycles. The van der Waals surface area contributed by atoms with Crippen LogP contribution < -0.4 is 4.90 Å². The third kappa shape index (κ3) is 3.92. The maximum absolute atomic E-state index is 12.6. The van der Waals surface area contributed by atoms with Crippen molar-refractivity contribution < 1.29 is 9.53 Å². The summed E-state index contributed by atoms with van der Waals surface area (Å²) in [7, 11) is 0. The number of hydrazone groups is 1. The van der Waals surface area contributed by atoms with Crippen molar-refractivity contribution in [3.05, 3.63) is 35.4 Å². The molecule has 1 saturated heterocycles. The number of benzene rings is 1. The Hall–Kier alpha value is -2.65. The standard InChI is InChI=1S/C20H24N6O2S/c1-3-24(4-2)15-7-5-14(6-8-15)13-16-17(21)26-19(22-18(16)27)29-20(23-26)25-9-11-28-12-10-25/h5-8,13,21H,3-4,9-12H2,1-2H3/b16-13+,21-17?. The molecule has 0 atom stereocenters. The highest BCUT2D eigenvalue weighted by molar-refractivity contribution is 8.26. The first-order valence-corrected chi connectivity index (χ1v) is 10.6. The largest absolute Gasteiger partial charge is 0.378 e. The molecule has 4 rings (SSSR count). The molecule has 1 N–H and O–H groups in total. The summed E-state index contributed by atoms with van der Waals surface area (Å²) in [5.74, 6) is -0.344. The Balaban J connectivity index is 1.56. The fourth-order valence-corrected chi connectivity index (χ4v) is 4.35. The van der Waals surface area contributed by atoms with Crippen molar-refractivity contribution in [2.45, 2.75) is 13.8 Å². The maximum atomic E-state index is 12.6. The van der Waals surface area contributed by atoms with Crippen LogP contribution >= 0.6 is 11.8 Å². The Bertz CT molecular complexity index is 898. The van der Waals surface area contributed by atoms with E-state index in [4.69, 9.17) is 10.1 Å². The Morgan fingerprint density at radius 2 is 1.86 bits per heavy atom. The van der Waals surface area contributed by atoms with Crippen molar-refractivity contribution in [3.8, 4) is 0 Å². The second kappa shape index (κ2) is 8.38. The van der Waals surface area contributed by atoms with E-state index in [1.807, 2.05) is 24.3 Å². The summed E-state index contributed by atoms with van der Waals surface area (Å²) in [5, 5.41) is 15.7. The quantitative estimate of drug-likeness (QED) is 0.765. The average molecular weight is 413 g/mol. The van der Waals surface area contributed by atoms with Crippen molar-refractivity contribution in [2.75, 3.05) is 44.3 Å². The lowest BCUT2D eigenvalue weighted by Gasteiger charge is -2.26. The molecule has 3 aliphatic heterocycles. The fraction of sp³-hybridized carbons (Fsp3) is 0.400. The van der Waals surface area contributed by atoms with Crippen molar-refractivity contribution in [2.24, 2.45) is 10.1 Å². The van der Waals surface area contributed by atoms with Gasteiger partial charge >= 0.3 is 0 Å². The number of nitrogens with one attached hydrogen (secondary N) is 1. The van der Waals surface area contributed by atoms with Gasteiger partial charge < -0.3 is 14.5 Å². The molecule has 8 nitrogen and oxygen atoms in total. The molecule has 0 aromatic heterocycles. The first-order valence-electron chi connectivity index (χ1n) is 9.78. The number of anilines is 1. The summed E-state index contributed by atoms with van der Waals surface area (Å²) in [6, 6.07) is 7.99. The lowest BCUT2D eigenvalue weighted by atomic mass is 10.1. The zero-order valence-corrected chi connectivity index (χ0v) is 17.4. The smallest absolute Gasteiger partial charge is 0.283 e. The number of ether oxygens (including phenoxy) is 1. The number of carbonyl (C=O) groups excluding carboxylic acids is 1. The van der Waals surface area contributed by atoms with Gasteiger partial charge in [-0.1, -0.05) is 12.1 Å². The van der Waals surface area contributed by atoms with Gasteiger partial charge in [0.2, 0.25) is 5.17 Å². The Morgan fingerprint density at radius 1 is 1.17 bits per heavy atom. The zero-order chi connectivity index (χ0) is 20.4.